The average Bonchev–Trinajstić information content (AvgIpc) is 3.48. The van der Waals surface area contributed by atoms with E-state index >= 15 is 0 Å². The van der Waals surface area contributed by atoms with Crippen LogP contribution in [0, 0.1) is 0 Å². The predicted octanol–water partition coefficient (Wildman–Crippen LogP) is 3.00. The van der Waals surface area contributed by atoms with Gasteiger partial charge in [0, 0.05) is 16.8 Å². The van der Waals surface area contributed by atoms with E-state index < -0.39 is 49.8 Å². The molecule has 1 aromatic carbocycles. The fourth-order valence-corrected chi connectivity index (χ4v) is 3.55. The van der Waals surface area contributed by atoms with Gasteiger partial charge in [0.2, 0.25) is 0 Å². The second-order valence-corrected chi connectivity index (χ2v) is 8.78. The molecule has 4 aromatic rings. The minimum absolute atomic E-state index is 0.0313. The molecule has 4 rings (SSSR count). The molecule has 41 heavy (non-hydrogen) atoms. The van der Waals surface area contributed by atoms with Crippen molar-refractivity contribution in [2.75, 3.05) is 11.9 Å². The molecule has 2 amide bonds. The molecule has 3 heterocycles. The van der Waals surface area contributed by atoms with Gasteiger partial charge in [-0.15, -0.1) is 10.2 Å². The van der Waals surface area contributed by atoms with Crippen molar-refractivity contribution in [3.63, 3.8) is 0 Å². The fraction of sp³-hybridized carbons (Fsp3) is 0.273. The number of halogens is 7. The highest BCUT2D eigenvalue weighted by Crippen LogP contribution is 2.24. The van der Waals surface area contributed by atoms with Gasteiger partial charge in [0.1, 0.15) is 19.4 Å². The Morgan fingerprint density at radius 2 is 1.76 bits per heavy atom. The summed E-state index contributed by atoms with van der Waals surface area (Å²) in [5, 5.41) is 22.0. The standard InChI is InChI=1S/C22H18ClF6N9O3/c23-13-5-3-12(4-6-13)17-35-37(20(41)36(17)8-15(39)22(27,28)29)9-16-32-11-38(34-16)18-14(2-1-7-30-18)33-19(40)31-10-21(24,25)26/h1-7,11,15,39H,8-10H2,(H2,31,33,40). The first-order valence-electron chi connectivity index (χ1n) is 11.4. The molecule has 0 spiro atoms. The van der Waals surface area contributed by atoms with E-state index in [1.54, 1.807) is 5.32 Å². The largest absolute Gasteiger partial charge is 0.416 e. The monoisotopic (exact) mass is 605 g/mol. The van der Waals surface area contributed by atoms with Crippen LogP contribution in [0.2, 0.25) is 5.02 Å². The number of nitrogens with one attached hydrogen (secondary N) is 2. The van der Waals surface area contributed by atoms with Crippen LogP contribution in [-0.4, -0.2) is 70.2 Å². The zero-order chi connectivity index (χ0) is 29.9. The lowest BCUT2D eigenvalue weighted by molar-refractivity contribution is -0.207. The van der Waals surface area contributed by atoms with Crippen LogP contribution in [0.5, 0.6) is 0 Å². The number of benzene rings is 1. The number of hydrogen-bond donors (Lipinski definition) is 3. The Morgan fingerprint density at radius 1 is 1.05 bits per heavy atom. The first kappa shape index (κ1) is 29.5. The molecule has 0 bridgehead atoms. The molecule has 0 aliphatic carbocycles. The molecule has 218 valence electrons. The molecule has 1 unspecified atom stereocenters. The molecule has 0 aliphatic heterocycles. The summed E-state index contributed by atoms with van der Waals surface area (Å²) < 4.78 is 78.8. The van der Waals surface area contributed by atoms with Crippen LogP contribution in [0.3, 0.4) is 0 Å². The summed E-state index contributed by atoms with van der Waals surface area (Å²) in [4.78, 5) is 33.0. The van der Waals surface area contributed by atoms with E-state index in [4.69, 9.17) is 11.6 Å². The fourth-order valence-electron chi connectivity index (χ4n) is 3.43. The van der Waals surface area contributed by atoms with Gasteiger partial charge in [-0.3, -0.25) is 4.57 Å². The SMILES string of the molecule is O=C(NCC(F)(F)F)Nc1cccnc1-n1cnc(Cn2nc(-c3ccc(Cl)cc3)n(CC(O)C(F)(F)F)c2=O)n1. The Balaban J connectivity index is 1.61. The summed E-state index contributed by atoms with van der Waals surface area (Å²) in [5.74, 6) is -0.286. The molecule has 0 radical (unpaired) electrons. The average molecular weight is 606 g/mol. The van der Waals surface area contributed by atoms with Crippen molar-refractivity contribution in [3.8, 4) is 17.2 Å². The number of aliphatic hydroxyl groups is 1. The van der Waals surface area contributed by atoms with E-state index in [-0.39, 0.29) is 28.7 Å². The number of carbonyl (C=O) groups is 1. The number of aliphatic hydroxyl groups excluding tert-OH is 1. The van der Waals surface area contributed by atoms with E-state index in [9.17, 15) is 41.0 Å². The zero-order valence-corrected chi connectivity index (χ0v) is 21.1. The number of nitrogens with zero attached hydrogens (tertiary/aromatic N) is 7. The molecule has 3 N–H and O–H groups in total. The van der Waals surface area contributed by atoms with E-state index in [0.29, 0.717) is 9.59 Å². The first-order valence-corrected chi connectivity index (χ1v) is 11.7. The van der Waals surface area contributed by atoms with Crippen molar-refractivity contribution in [1.82, 2.24) is 39.4 Å². The number of anilines is 1. The summed E-state index contributed by atoms with van der Waals surface area (Å²) >= 11 is 5.87. The number of aromatic nitrogens is 7. The quantitative estimate of drug-likeness (QED) is 0.262. The zero-order valence-electron chi connectivity index (χ0n) is 20.4. The second kappa shape index (κ2) is 11.6. The van der Waals surface area contributed by atoms with Gasteiger partial charge in [0.15, 0.2) is 23.6 Å². The number of alkyl halides is 6. The molecular formula is C22H18ClF6N9O3. The molecule has 0 fully saturated rings. The van der Waals surface area contributed by atoms with Crippen LogP contribution in [0.1, 0.15) is 5.82 Å². The highest BCUT2D eigenvalue weighted by molar-refractivity contribution is 6.30. The van der Waals surface area contributed by atoms with Gasteiger partial charge in [-0.25, -0.2) is 28.9 Å². The Labute approximate surface area is 230 Å². The summed E-state index contributed by atoms with van der Waals surface area (Å²) in [5.41, 5.74) is -0.793. The maximum absolute atomic E-state index is 13.1. The summed E-state index contributed by atoms with van der Waals surface area (Å²) in [6.07, 6.45) is -10.0. The van der Waals surface area contributed by atoms with Gasteiger partial charge >= 0.3 is 24.1 Å². The Kier molecular flexibility index (Phi) is 8.34. The van der Waals surface area contributed by atoms with Crippen molar-refractivity contribution < 1.29 is 36.2 Å². The highest BCUT2D eigenvalue weighted by atomic mass is 35.5. The summed E-state index contributed by atoms with van der Waals surface area (Å²) in [7, 11) is 0. The number of pyridine rings is 1. The Bertz CT molecular complexity index is 1580. The van der Waals surface area contributed by atoms with Gasteiger partial charge in [0.25, 0.3) is 0 Å². The van der Waals surface area contributed by atoms with E-state index in [2.05, 4.69) is 25.5 Å². The maximum atomic E-state index is 13.1. The number of urea groups is 1. The number of hydrogen-bond acceptors (Lipinski definition) is 7. The van der Waals surface area contributed by atoms with Gasteiger partial charge in [-0.1, -0.05) is 11.6 Å². The lowest BCUT2D eigenvalue weighted by atomic mass is 10.2. The molecule has 12 nitrogen and oxygen atoms in total. The van der Waals surface area contributed by atoms with Gasteiger partial charge in [-0.2, -0.15) is 26.3 Å². The molecule has 3 aromatic heterocycles. The lowest BCUT2D eigenvalue weighted by Crippen LogP contribution is -2.37. The highest BCUT2D eigenvalue weighted by Gasteiger charge is 2.39. The van der Waals surface area contributed by atoms with Crippen LogP contribution in [0.4, 0.5) is 36.8 Å². The Hall–Kier alpha value is -4.45. The van der Waals surface area contributed by atoms with E-state index in [1.165, 1.54) is 42.6 Å². The minimum atomic E-state index is -5.00. The molecular weight excluding hydrogens is 588 g/mol. The maximum Gasteiger partial charge on any atom is 0.416 e. The molecule has 19 heteroatoms. The summed E-state index contributed by atoms with van der Waals surface area (Å²) in [6, 6.07) is 7.32. The first-order chi connectivity index (χ1) is 19.2. The van der Waals surface area contributed by atoms with Crippen LogP contribution in [-0.2, 0) is 13.1 Å². The van der Waals surface area contributed by atoms with Crippen molar-refractivity contribution >= 4 is 23.3 Å². The molecule has 1 atom stereocenters. The molecule has 0 saturated carbocycles. The topological polar surface area (TPSA) is 145 Å². The normalized spacial score (nSPS) is 12.8. The molecule has 0 saturated heterocycles. The van der Waals surface area contributed by atoms with Gasteiger partial charge in [-0.05, 0) is 36.4 Å². The number of carbonyl (C=O) groups excluding carboxylic acids is 1. The predicted molar refractivity (Wildman–Crippen MR) is 130 cm³/mol. The van der Waals surface area contributed by atoms with E-state index in [1.807, 2.05) is 0 Å². The third kappa shape index (κ3) is 7.40. The van der Waals surface area contributed by atoms with Crippen LogP contribution in [0.25, 0.3) is 17.2 Å². The summed E-state index contributed by atoms with van der Waals surface area (Å²) in [6.45, 7) is -3.13. The van der Waals surface area contributed by atoms with Crippen LogP contribution in [0.15, 0.2) is 53.7 Å². The third-order valence-electron chi connectivity index (χ3n) is 5.29. The van der Waals surface area contributed by atoms with Gasteiger partial charge < -0.3 is 15.7 Å². The smallest absolute Gasteiger partial charge is 0.382 e. The van der Waals surface area contributed by atoms with Crippen LogP contribution < -0.4 is 16.3 Å². The number of amides is 2. The van der Waals surface area contributed by atoms with Crippen molar-refractivity contribution in [1.29, 1.82) is 0 Å². The van der Waals surface area contributed by atoms with Crippen LogP contribution >= 0.6 is 11.6 Å². The van der Waals surface area contributed by atoms with Crippen molar-refractivity contribution in [2.24, 2.45) is 0 Å². The second-order valence-electron chi connectivity index (χ2n) is 8.34. The van der Waals surface area contributed by atoms with Crippen molar-refractivity contribution in [3.05, 3.63) is 70.3 Å². The van der Waals surface area contributed by atoms with E-state index in [0.717, 1.165) is 15.7 Å². The van der Waals surface area contributed by atoms with Crippen molar-refractivity contribution in [2.45, 2.75) is 31.5 Å². The minimum Gasteiger partial charge on any atom is -0.382 e. The Morgan fingerprint density at radius 3 is 2.41 bits per heavy atom. The molecule has 0 aliphatic rings. The third-order valence-corrected chi connectivity index (χ3v) is 5.54. The number of rotatable bonds is 8. The lowest BCUT2D eigenvalue weighted by Gasteiger charge is -2.15. The van der Waals surface area contributed by atoms with Gasteiger partial charge in [0.05, 0.1) is 12.2 Å².